The molecule has 1 aromatic rings. The lowest BCUT2D eigenvalue weighted by atomic mass is 10.0. The summed E-state index contributed by atoms with van der Waals surface area (Å²) in [7, 11) is 0. The summed E-state index contributed by atoms with van der Waals surface area (Å²) in [5, 5.41) is 13.8. The number of hydrogen-bond acceptors (Lipinski definition) is 3. The number of urea groups is 1. The normalized spacial score (nSPS) is 12.5. The molecule has 0 aliphatic heterocycles. The molecule has 1 unspecified atom stereocenters. The van der Waals surface area contributed by atoms with Crippen LogP contribution in [0.5, 0.6) is 0 Å². The average molecular weight is 312 g/mol. The lowest BCUT2D eigenvalue weighted by molar-refractivity contribution is -0.137. The minimum absolute atomic E-state index is 0.0461. The van der Waals surface area contributed by atoms with Gasteiger partial charge in [-0.2, -0.15) is 0 Å². The van der Waals surface area contributed by atoms with Gasteiger partial charge in [0, 0.05) is 17.0 Å². The zero-order valence-corrected chi connectivity index (χ0v) is 13.8. The van der Waals surface area contributed by atoms with Crippen molar-refractivity contribution < 1.29 is 14.7 Å². The maximum Gasteiger partial charge on any atom is 0.318 e. The second-order valence-corrected chi connectivity index (χ2v) is 6.73. The number of aliphatic carboxylic acids is 1. The van der Waals surface area contributed by atoms with E-state index in [4.69, 9.17) is 5.11 Å². The summed E-state index contributed by atoms with van der Waals surface area (Å²) in [6.45, 7) is 8.27. The van der Waals surface area contributed by atoms with Gasteiger partial charge in [-0.25, -0.2) is 4.79 Å². The molecule has 2 amide bonds. The van der Waals surface area contributed by atoms with Crippen molar-refractivity contribution in [2.24, 2.45) is 5.92 Å². The minimum atomic E-state index is -0.900. The Hall–Kier alpha value is -1.56. The highest BCUT2D eigenvalue weighted by Crippen LogP contribution is 2.15. The van der Waals surface area contributed by atoms with Crippen molar-refractivity contribution in [3.8, 4) is 0 Å². The van der Waals surface area contributed by atoms with Crippen LogP contribution in [-0.4, -0.2) is 34.1 Å². The monoisotopic (exact) mass is 312 g/mol. The van der Waals surface area contributed by atoms with E-state index in [0.29, 0.717) is 6.54 Å². The smallest absolute Gasteiger partial charge is 0.318 e. The van der Waals surface area contributed by atoms with Gasteiger partial charge in [-0.1, -0.05) is 19.9 Å². The molecular formula is C15H24N2O3S. The molecule has 5 nitrogen and oxygen atoms in total. The van der Waals surface area contributed by atoms with E-state index in [1.807, 2.05) is 45.2 Å². The molecule has 0 fully saturated rings. The number of nitrogens with zero attached hydrogens (tertiary/aromatic N) is 1. The Balaban J connectivity index is 2.73. The van der Waals surface area contributed by atoms with E-state index < -0.39 is 5.97 Å². The number of hydrogen-bond donors (Lipinski definition) is 2. The van der Waals surface area contributed by atoms with Crippen LogP contribution in [0.3, 0.4) is 0 Å². The van der Waals surface area contributed by atoms with Gasteiger partial charge in [0.25, 0.3) is 0 Å². The molecule has 0 saturated carbocycles. The topological polar surface area (TPSA) is 69.6 Å². The molecule has 0 aromatic carbocycles. The zero-order chi connectivity index (χ0) is 16.0. The molecule has 2 N–H and O–H groups in total. The van der Waals surface area contributed by atoms with Gasteiger partial charge in [-0.3, -0.25) is 4.79 Å². The number of carboxylic acid groups (broad SMARTS) is 1. The zero-order valence-electron chi connectivity index (χ0n) is 13.0. The first-order chi connectivity index (χ1) is 9.81. The molecule has 1 aromatic heterocycles. The van der Waals surface area contributed by atoms with Crippen molar-refractivity contribution >= 4 is 23.3 Å². The first-order valence-corrected chi connectivity index (χ1v) is 8.00. The molecule has 118 valence electrons. The molecule has 1 atom stereocenters. The molecule has 0 spiro atoms. The summed E-state index contributed by atoms with van der Waals surface area (Å²) in [6.07, 6.45) is -0.0612. The first-order valence-electron chi connectivity index (χ1n) is 7.12. The minimum Gasteiger partial charge on any atom is -0.481 e. The number of carbonyl (C=O) groups is 2. The third kappa shape index (κ3) is 5.75. The lowest BCUT2D eigenvalue weighted by Crippen LogP contribution is -2.49. The molecular weight excluding hydrogens is 288 g/mol. The largest absolute Gasteiger partial charge is 0.481 e. The summed E-state index contributed by atoms with van der Waals surface area (Å²) in [6, 6.07) is 3.42. The van der Waals surface area contributed by atoms with Gasteiger partial charge >= 0.3 is 12.0 Å². The van der Waals surface area contributed by atoms with Crippen LogP contribution in [0.1, 0.15) is 39.0 Å². The van der Waals surface area contributed by atoms with Gasteiger partial charge in [-0.15, -0.1) is 11.3 Å². The number of carbonyl (C=O) groups excluding carboxylic acids is 1. The fourth-order valence-electron chi connectivity index (χ4n) is 1.94. The van der Waals surface area contributed by atoms with Crippen LogP contribution in [-0.2, 0) is 11.3 Å². The summed E-state index contributed by atoms with van der Waals surface area (Å²) in [5.74, 6) is -0.829. The van der Waals surface area contributed by atoms with Crippen molar-refractivity contribution in [3.63, 3.8) is 0 Å². The van der Waals surface area contributed by atoms with E-state index in [2.05, 4.69) is 5.32 Å². The Bertz CT molecular complexity index is 457. The predicted molar refractivity (Wildman–Crippen MR) is 84.4 cm³/mol. The number of thiophene rings is 1. The quantitative estimate of drug-likeness (QED) is 0.812. The third-order valence-electron chi connectivity index (χ3n) is 3.30. The fourth-order valence-corrected chi connectivity index (χ4v) is 2.65. The Morgan fingerprint density at radius 1 is 1.33 bits per heavy atom. The number of nitrogens with one attached hydrogen (secondary N) is 1. The Kier molecular flexibility index (Phi) is 6.68. The molecule has 0 aliphatic rings. The van der Waals surface area contributed by atoms with Gasteiger partial charge in [0.05, 0.1) is 13.0 Å². The molecule has 0 bridgehead atoms. The maximum atomic E-state index is 12.4. The van der Waals surface area contributed by atoms with Gasteiger partial charge in [0.2, 0.25) is 0 Å². The molecule has 0 aliphatic carbocycles. The Labute approximate surface area is 130 Å². The number of rotatable bonds is 7. The molecule has 0 saturated heterocycles. The fraction of sp³-hybridized carbons (Fsp3) is 0.600. The average Bonchev–Trinajstić information content (AvgIpc) is 2.86. The van der Waals surface area contributed by atoms with E-state index in [9.17, 15) is 9.59 Å². The van der Waals surface area contributed by atoms with Crippen molar-refractivity contribution in [1.82, 2.24) is 10.2 Å². The van der Waals surface area contributed by atoms with E-state index in [0.717, 1.165) is 4.88 Å². The van der Waals surface area contributed by atoms with Crippen LogP contribution >= 0.6 is 11.3 Å². The molecule has 6 heteroatoms. The van der Waals surface area contributed by atoms with Crippen molar-refractivity contribution in [2.45, 2.75) is 52.7 Å². The van der Waals surface area contributed by atoms with Crippen molar-refractivity contribution in [2.75, 3.05) is 0 Å². The van der Waals surface area contributed by atoms with Crippen LogP contribution in [0, 0.1) is 5.92 Å². The lowest BCUT2D eigenvalue weighted by Gasteiger charge is -2.30. The van der Waals surface area contributed by atoms with Crippen LogP contribution < -0.4 is 5.32 Å². The van der Waals surface area contributed by atoms with E-state index >= 15 is 0 Å². The van der Waals surface area contributed by atoms with Crippen molar-refractivity contribution in [1.29, 1.82) is 0 Å². The highest BCUT2D eigenvalue weighted by molar-refractivity contribution is 7.09. The Morgan fingerprint density at radius 2 is 2.00 bits per heavy atom. The molecule has 0 radical (unpaired) electrons. The summed E-state index contributed by atoms with van der Waals surface area (Å²) >= 11 is 1.61. The van der Waals surface area contributed by atoms with Crippen LogP contribution in [0.2, 0.25) is 0 Å². The SMILES string of the molecule is CC(C)C(CC(=O)O)NC(=O)N(Cc1cccs1)C(C)C. The number of carboxylic acids is 1. The van der Waals surface area contributed by atoms with Crippen LogP contribution in [0.4, 0.5) is 4.79 Å². The van der Waals surface area contributed by atoms with Crippen LogP contribution in [0.25, 0.3) is 0 Å². The van der Waals surface area contributed by atoms with Crippen molar-refractivity contribution in [3.05, 3.63) is 22.4 Å². The summed E-state index contributed by atoms with van der Waals surface area (Å²) in [5.41, 5.74) is 0. The molecule has 1 rings (SSSR count). The van der Waals surface area contributed by atoms with Gasteiger partial charge in [0.1, 0.15) is 0 Å². The highest BCUT2D eigenvalue weighted by atomic mass is 32.1. The summed E-state index contributed by atoms with van der Waals surface area (Å²) < 4.78 is 0. The molecule has 1 heterocycles. The third-order valence-corrected chi connectivity index (χ3v) is 4.16. The Morgan fingerprint density at radius 3 is 2.43 bits per heavy atom. The first kappa shape index (κ1) is 17.5. The second-order valence-electron chi connectivity index (χ2n) is 5.70. The summed E-state index contributed by atoms with van der Waals surface area (Å²) in [4.78, 5) is 26.2. The second kappa shape index (κ2) is 8.02. The van der Waals surface area contributed by atoms with E-state index in [1.54, 1.807) is 16.2 Å². The van der Waals surface area contributed by atoms with Gasteiger partial charge in [-0.05, 0) is 31.2 Å². The van der Waals surface area contributed by atoms with Crippen LogP contribution in [0.15, 0.2) is 17.5 Å². The van der Waals surface area contributed by atoms with Gasteiger partial charge < -0.3 is 15.3 Å². The molecule has 21 heavy (non-hydrogen) atoms. The standard InChI is InChI=1S/C15H24N2O3S/c1-10(2)13(8-14(18)19)16-15(20)17(11(3)4)9-12-6-5-7-21-12/h5-7,10-11,13H,8-9H2,1-4H3,(H,16,20)(H,18,19). The van der Waals surface area contributed by atoms with Gasteiger partial charge in [0.15, 0.2) is 0 Å². The van der Waals surface area contributed by atoms with E-state index in [-0.39, 0.29) is 30.5 Å². The van der Waals surface area contributed by atoms with E-state index in [1.165, 1.54) is 0 Å². The number of amides is 2. The predicted octanol–water partition coefficient (Wildman–Crippen LogP) is 3.17. The highest BCUT2D eigenvalue weighted by Gasteiger charge is 2.24. The maximum absolute atomic E-state index is 12.4.